The summed E-state index contributed by atoms with van der Waals surface area (Å²) in [6.07, 6.45) is 8.06. The first-order chi connectivity index (χ1) is 4.93. The Morgan fingerprint density at radius 3 is 2.82 bits per heavy atom. The fourth-order valence-electron chi connectivity index (χ4n) is 0.915. The van der Waals surface area contributed by atoms with Crippen LogP contribution in [0, 0.1) is 0 Å². The largest absolute Gasteiger partial charge is 0.449 e. The number of rotatable bonds is 4. The summed E-state index contributed by atoms with van der Waals surface area (Å²) in [6, 6.07) is 0. The summed E-state index contributed by atoms with van der Waals surface area (Å²) in [6.45, 7) is 2.19. The molecular formula is C8H14ClNO. The van der Waals surface area contributed by atoms with E-state index in [2.05, 4.69) is 11.9 Å². The number of unbranched alkanes of at least 4 members (excludes halogenated alkanes) is 2. The Bertz CT molecular complexity index is 163. The number of aryl methyl sites for hydroxylation is 1. The van der Waals surface area contributed by atoms with Crippen molar-refractivity contribution in [2.45, 2.75) is 32.6 Å². The van der Waals surface area contributed by atoms with Crippen molar-refractivity contribution in [2.75, 3.05) is 0 Å². The van der Waals surface area contributed by atoms with Gasteiger partial charge < -0.3 is 4.42 Å². The van der Waals surface area contributed by atoms with Crippen LogP contribution in [-0.4, -0.2) is 4.98 Å². The summed E-state index contributed by atoms with van der Waals surface area (Å²) >= 11 is 0. The molecule has 1 aromatic heterocycles. The van der Waals surface area contributed by atoms with Crippen molar-refractivity contribution in [2.24, 2.45) is 0 Å². The second-order valence-corrected chi connectivity index (χ2v) is 2.42. The van der Waals surface area contributed by atoms with E-state index in [-0.39, 0.29) is 12.4 Å². The molecule has 0 unspecified atom stereocenters. The van der Waals surface area contributed by atoms with Gasteiger partial charge in [0.25, 0.3) is 0 Å². The molecule has 1 aromatic rings. The lowest BCUT2D eigenvalue weighted by molar-refractivity contribution is 0.492. The Morgan fingerprint density at radius 2 is 2.27 bits per heavy atom. The molecule has 0 aromatic carbocycles. The molecule has 0 bridgehead atoms. The standard InChI is InChI=1S/C8H13NO.ClH/c1-2-3-4-5-8-6-9-7-10-8;/h6-7H,2-5H2,1H3;1H. The van der Waals surface area contributed by atoms with Crippen LogP contribution in [0.2, 0.25) is 0 Å². The minimum Gasteiger partial charge on any atom is -0.449 e. The van der Waals surface area contributed by atoms with E-state index in [4.69, 9.17) is 4.42 Å². The van der Waals surface area contributed by atoms with Crippen LogP contribution in [0.4, 0.5) is 0 Å². The minimum atomic E-state index is 0. The maximum atomic E-state index is 5.07. The molecule has 2 nitrogen and oxygen atoms in total. The Hall–Kier alpha value is -0.500. The van der Waals surface area contributed by atoms with Crippen LogP contribution in [0.5, 0.6) is 0 Å². The topological polar surface area (TPSA) is 26.0 Å². The number of hydrogen-bond acceptors (Lipinski definition) is 2. The Kier molecular flexibility index (Phi) is 5.94. The van der Waals surface area contributed by atoms with E-state index in [0.717, 1.165) is 12.2 Å². The average Bonchev–Trinajstić information content (AvgIpc) is 2.41. The predicted octanol–water partition coefficient (Wildman–Crippen LogP) is 2.83. The number of nitrogens with zero attached hydrogens (tertiary/aromatic N) is 1. The highest BCUT2D eigenvalue weighted by Gasteiger charge is 1.93. The third-order valence-corrected chi connectivity index (χ3v) is 1.51. The van der Waals surface area contributed by atoms with Gasteiger partial charge in [-0.25, -0.2) is 4.98 Å². The number of oxazole rings is 1. The zero-order chi connectivity index (χ0) is 7.23. The highest BCUT2D eigenvalue weighted by Crippen LogP contribution is 2.04. The van der Waals surface area contributed by atoms with Gasteiger partial charge in [-0.2, -0.15) is 0 Å². The quantitative estimate of drug-likeness (QED) is 0.658. The highest BCUT2D eigenvalue weighted by molar-refractivity contribution is 5.85. The van der Waals surface area contributed by atoms with Crippen LogP contribution in [0.25, 0.3) is 0 Å². The zero-order valence-electron chi connectivity index (χ0n) is 6.75. The molecule has 0 fully saturated rings. The Morgan fingerprint density at radius 1 is 1.45 bits per heavy atom. The average molecular weight is 176 g/mol. The van der Waals surface area contributed by atoms with Crippen LogP contribution in [-0.2, 0) is 6.42 Å². The molecule has 0 aliphatic carbocycles. The minimum absolute atomic E-state index is 0. The molecule has 1 rings (SSSR count). The van der Waals surface area contributed by atoms with E-state index >= 15 is 0 Å². The molecule has 0 atom stereocenters. The summed E-state index contributed by atoms with van der Waals surface area (Å²) in [7, 11) is 0. The van der Waals surface area contributed by atoms with Crippen LogP contribution in [0.1, 0.15) is 31.9 Å². The van der Waals surface area contributed by atoms with Crippen molar-refractivity contribution in [3.8, 4) is 0 Å². The van der Waals surface area contributed by atoms with Gasteiger partial charge in [-0.3, -0.25) is 0 Å². The number of hydrogen-bond donors (Lipinski definition) is 0. The lowest BCUT2D eigenvalue weighted by atomic mass is 10.2. The van der Waals surface area contributed by atoms with Gasteiger partial charge >= 0.3 is 0 Å². The van der Waals surface area contributed by atoms with Gasteiger partial charge in [0.2, 0.25) is 0 Å². The lowest BCUT2D eigenvalue weighted by Crippen LogP contribution is -1.80. The molecule has 0 N–H and O–H groups in total. The molecule has 0 radical (unpaired) electrons. The molecule has 0 amide bonds. The summed E-state index contributed by atoms with van der Waals surface area (Å²) in [5, 5.41) is 0. The SMILES string of the molecule is CCCCCc1cnco1.Cl. The van der Waals surface area contributed by atoms with Crippen molar-refractivity contribution in [1.29, 1.82) is 0 Å². The first kappa shape index (κ1) is 10.5. The van der Waals surface area contributed by atoms with Gasteiger partial charge in [-0.15, -0.1) is 12.4 Å². The highest BCUT2D eigenvalue weighted by atomic mass is 35.5. The maximum Gasteiger partial charge on any atom is 0.180 e. The summed E-state index contributed by atoms with van der Waals surface area (Å²) in [5.41, 5.74) is 0. The Balaban J connectivity index is 0.000001000. The van der Waals surface area contributed by atoms with E-state index in [1.165, 1.54) is 25.7 Å². The van der Waals surface area contributed by atoms with Crippen molar-refractivity contribution >= 4 is 12.4 Å². The van der Waals surface area contributed by atoms with Gasteiger partial charge in [0.15, 0.2) is 6.39 Å². The first-order valence-electron chi connectivity index (χ1n) is 3.81. The smallest absolute Gasteiger partial charge is 0.180 e. The molecule has 0 aliphatic heterocycles. The molecule has 0 aliphatic rings. The fraction of sp³-hybridized carbons (Fsp3) is 0.625. The van der Waals surface area contributed by atoms with Gasteiger partial charge in [0.05, 0.1) is 6.20 Å². The third kappa shape index (κ3) is 4.04. The molecular weight excluding hydrogens is 162 g/mol. The number of aromatic nitrogens is 1. The summed E-state index contributed by atoms with van der Waals surface area (Å²) < 4.78 is 5.07. The second-order valence-electron chi connectivity index (χ2n) is 2.42. The van der Waals surface area contributed by atoms with E-state index < -0.39 is 0 Å². The van der Waals surface area contributed by atoms with Crippen LogP contribution in [0.3, 0.4) is 0 Å². The fourth-order valence-corrected chi connectivity index (χ4v) is 0.915. The Labute approximate surface area is 73.4 Å². The van der Waals surface area contributed by atoms with E-state index in [9.17, 15) is 0 Å². The van der Waals surface area contributed by atoms with E-state index in [1.54, 1.807) is 6.20 Å². The van der Waals surface area contributed by atoms with Crippen LogP contribution >= 0.6 is 12.4 Å². The monoisotopic (exact) mass is 175 g/mol. The van der Waals surface area contributed by atoms with Gasteiger partial charge in [0.1, 0.15) is 5.76 Å². The summed E-state index contributed by atoms with van der Waals surface area (Å²) in [5.74, 6) is 1.01. The van der Waals surface area contributed by atoms with Crippen molar-refractivity contribution in [3.05, 3.63) is 18.4 Å². The van der Waals surface area contributed by atoms with Crippen molar-refractivity contribution in [1.82, 2.24) is 4.98 Å². The normalized spacial score (nSPS) is 9.18. The molecule has 0 saturated heterocycles. The summed E-state index contributed by atoms with van der Waals surface area (Å²) in [4.78, 5) is 3.83. The van der Waals surface area contributed by atoms with Crippen LogP contribution in [0.15, 0.2) is 17.0 Å². The molecule has 64 valence electrons. The molecule has 0 spiro atoms. The van der Waals surface area contributed by atoms with Crippen LogP contribution < -0.4 is 0 Å². The zero-order valence-corrected chi connectivity index (χ0v) is 7.56. The van der Waals surface area contributed by atoms with Crippen molar-refractivity contribution in [3.63, 3.8) is 0 Å². The first-order valence-corrected chi connectivity index (χ1v) is 3.81. The maximum absolute atomic E-state index is 5.07. The lowest BCUT2D eigenvalue weighted by Gasteiger charge is -1.92. The van der Waals surface area contributed by atoms with Gasteiger partial charge in [-0.05, 0) is 6.42 Å². The van der Waals surface area contributed by atoms with Gasteiger partial charge in [-0.1, -0.05) is 19.8 Å². The molecule has 1 heterocycles. The van der Waals surface area contributed by atoms with Gasteiger partial charge in [0, 0.05) is 6.42 Å². The third-order valence-electron chi connectivity index (χ3n) is 1.51. The predicted molar refractivity (Wildman–Crippen MR) is 47.0 cm³/mol. The molecule has 0 saturated carbocycles. The second kappa shape index (κ2) is 6.23. The molecule has 11 heavy (non-hydrogen) atoms. The molecule has 3 heteroatoms. The van der Waals surface area contributed by atoms with Crippen molar-refractivity contribution < 1.29 is 4.42 Å². The van der Waals surface area contributed by atoms with E-state index in [1.807, 2.05) is 0 Å². The van der Waals surface area contributed by atoms with E-state index in [0.29, 0.717) is 0 Å². The number of halogens is 1.